The number of carbonyl (C=O) groups is 2. The lowest BCUT2D eigenvalue weighted by Crippen LogP contribution is -2.30. The van der Waals surface area contributed by atoms with E-state index in [1.807, 2.05) is 18.4 Å². The van der Waals surface area contributed by atoms with Gasteiger partial charge in [-0.2, -0.15) is 5.26 Å². The number of rotatable bonds is 7. The highest BCUT2D eigenvalue weighted by Gasteiger charge is 2.19. The van der Waals surface area contributed by atoms with E-state index in [-0.39, 0.29) is 5.56 Å². The van der Waals surface area contributed by atoms with Crippen LogP contribution in [-0.4, -0.2) is 23.0 Å². The van der Waals surface area contributed by atoms with Gasteiger partial charge in [-0.3, -0.25) is 4.79 Å². The molecule has 3 rings (SSSR count). The maximum absolute atomic E-state index is 12.4. The van der Waals surface area contributed by atoms with E-state index in [1.165, 1.54) is 13.0 Å². The Morgan fingerprint density at radius 2 is 2.03 bits per heavy atom. The van der Waals surface area contributed by atoms with E-state index in [0.717, 1.165) is 10.7 Å². The van der Waals surface area contributed by atoms with Gasteiger partial charge in [-0.15, -0.1) is 11.3 Å². The van der Waals surface area contributed by atoms with Crippen LogP contribution in [0, 0.1) is 18.3 Å². The summed E-state index contributed by atoms with van der Waals surface area (Å²) in [7, 11) is 0. The predicted molar refractivity (Wildman–Crippen MR) is 112 cm³/mol. The molecule has 1 amide bonds. The van der Waals surface area contributed by atoms with Crippen LogP contribution in [0.25, 0.3) is 0 Å². The number of hydrogen-bond acceptors (Lipinski definition) is 7. The Hall–Kier alpha value is -3.70. The number of amides is 1. The Kier molecular flexibility index (Phi) is 6.78. The van der Waals surface area contributed by atoms with Crippen molar-refractivity contribution in [3.8, 4) is 11.8 Å². The third-order valence-corrected chi connectivity index (χ3v) is 4.86. The molecule has 1 atom stereocenters. The molecule has 7 nitrogen and oxygen atoms in total. The van der Waals surface area contributed by atoms with Crippen molar-refractivity contribution < 1.29 is 19.1 Å². The first-order chi connectivity index (χ1) is 14.4. The molecule has 0 spiro atoms. The van der Waals surface area contributed by atoms with Gasteiger partial charge in [-0.05, 0) is 50.2 Å². The monoisotopic (exact) mass is 421 g/mol. The number of nitrogens with zero attached hydrogens (tertiary/aromatic N) is 2. The normalized spacial score (nSPS) is 11.2. The summed E-state index contributed by atoms with van der Waals surface area (Å²) in [4.78, 5) is 29.1. The lowest BCUT2D eigenvalue weighted by molar-refractivity contribution is -0.123. The molecule has 0 aliphatic heterocycles. The minimum Gasteiger partial charge on any atom is -0.487 e. The number of ether oxygens (including phenoxy) is 2. The zero-order valence-electron chi connectivity index (χ0n) is 16.4. The minimum atomic E-state index is -1.02. The number of carbonyl (C=O) groups excluding carboxylic acids is 2. The Bertz CT molecular complexity index is 1100. The second kappa shape index (κ2) is 9.67. The standard InChI is InChI=1S/C22H19N3O4S/c1-14(21(26)25-18-7-3-5-16(9-18)11-23)29-22(27)17-6-4-8-20(10-17)28-12-19-13-30-15(2)24-19/h3-10,13-14H,12H2,1-2H3,(H,25,26). The topological polar surface area (TPSA) is 101 Å². The van der Waals surface area contributed by atoms with E-state index in [0.29, 0.717) is 23.6 Å². The van der Waals surface area contributed by atoms with Gasteiger partial charge < -0.3 is 14.8 Å². The summed E-state index contributed by atoms with van der Waals surface area (Å²) in [5, 5.41) is 14.4. The maximum Gasteiger partial charge on any atom is 0.339 e. The highest BCUT2D eigenvalue weighted by Crippen LogP contribution is 2.18. The summed E-state index contributed by atoms with van der Waals surface area (Å²) in [5.74, 6) is -0.636. The molecule has 0 saturated carbocycles. The van der Waals surface area contributed by atoms with Crippen molar-refractivity contribution in [1.82, 2.24) is 4.98 Å². The molecular weight excluding hydrogens is 402 g/mol. The summed E-state index contributed by atoms with van der Waals surface area (Å²) in [6, 6.07) is 15.0. The molecule has 1 aromatic heterocycles. The van der Waals surface area contributed by atoms with Crippen molar-refractivity contribution in [2.24, 2.45) is 0 Å². The van der Waals surface area contributed by atoms with Crippen LogP contribution in [0.3, 0.4) is 0 Å². The third-order valence-electron chi connectivity index (χ3n) is 4.04. The number of aromatic nitrogens is 1. The van der Waals surface area contributed by atoms with Gasteiger partial charge in [-0.1, -0.05) is 12.1 Å². The van der Waals surface area contributed by atoms with Crippen LogP contribution >= 0.6 is 11.3 Å². The van der Waals surface area contributed by atoms with Gasteiger partial charge in [-0.25, -0.2) is 9.78 Å². The van der Waals surface area contributed by atoms with Crippen LogP contribution in [-0.2, 0) is 16.1 Å². The number of anilines is 1. The SMILES string of the molecule is Cc1nc(COc2cccc(C(=O)OC(C)C(=O)Nc3cccc(C#N)c3)c2)cs1. The van der Waals surface area contributed by atoms with Crippen molar-refractivity contribution in [2.75, 3.05) is 5.32 Å². The summed E-state index contributed by atoms with van der Waals surface area (Å²) in [6.45, 7) is 3.69. The number of nitrogens with one attached hydrogen (secondary N) is 1. The number of nitriles is 1. The maximum atomic E-state index is 12.4. The van der Waals surface area contributed by atoms with Crippen LogP contribution in [0.2, 0.25) is 0 Å². The molecule has 0 fully saturated rings. The number of thiazole rings is 1. The molecule has 1 unspecified atom stereocenters. The molecular formula is C22H19N3O4S. The van der Waals surface area contributed by atoms with Gasteiger partial charge >= 0.3 is 5.97 Å². The van der Waals surface area contributed by atoms with Crippen LogP contribution in [0.4, 0.5) is 5.69 Å². The molecule has 2 aromatic carbocycles. The van der Waals surface area contributed by atoms with Crippen molar-refractivity contribution in [2.45, 2.75) is 26.6 Å². The number of benzene rings is 2. The molecule has 0 radical (unpaired) electrons. The molecule has 0 aliphatic rings. The number of esters is 1. The highest BCUT2D eigenvalue weighted by atomic mass is 32.1. The van der Waals surface area contributed by atoms with Gasteiger partial charge in [0.25, 0.3) is 5.91 Å². The predicted octanol–water partition coefficient (Wildman–Crippen LogP) is 4.09. The second-order valence-corrected chi connectivity index (χ2v) is 7.47. The zero-order chi connectivity index (χ0) is 21.5. The highest BCUT2D eigenvalue weighted by molar-refractivity contribution is 7.09. The van der Waals surface area contributed by atoms with Crippen molar-refractivity contribution in [3.05, 3.63) is 75.7 Å². The molecule has 0 saturated heterocycles. The summed E-state index contributed by atoms with van der Waals surface area (Å²) >= 11 is 1.54. The molecule has 152 valence electrons. The third kappa shape index (κ3) is 5.65. The lowest BCUT2D eigenvalue weighted by Gasteiger charge is -2.14. The van der Waals surface area contributed by atoms with E-state index < -0.39 is 18.0 Å². The van der Waals surface area contributed by atoms with Gasteiger partial charge in [0.1, 0.15) is 12.4 Å². The summed E-state index contributed by atoms with van der Waals surface area (Å²) in [5.41, 5.74) is 1.96. The van der Waals surface area contributed by atoms with E-state index in [1.54, 1.807) is 53.8 Å². The van der Waals surface area contributed by atoms with Gasteiger partial charge in [0.15, 0.2) is 6.10 Å². The Balaban J connectivity index is 1.57. The summed E-state index contributed by atoms with van der Waals surface area (Å²) in [6.07, 6.45) is -1.02. The first-order valence-electron chi connectivity index (χ1n) is 9.10. The van der Waals surface area contributed by atoms with Crippen molar-refractivity contribution >= 4 is 28.9 Å². The quantitative estimate of drug-likeness (QED) is 0.577. The Labute approximate surface area is 177 Å². The molecule has 0 aliphatic carbocycles. The van der Waals surface area contributed by atoms with E-state index >= 15 is 0 Å². The van der Waals surface area contributed by atoms with E-state index in [9.17, 15) is 9.59 Å². The van der Waals surface area contributed by atoms with Gasteiger partial charge in [0.2, 0.25) is 0 Å². The van der Waals surface area contributed by atoms with Gasteiger partial charge in [0.05, 0.1) is 27.9 Å². The van der Waals surface area contributed by atoms with Crippen molar-refractivity contribution in [3.63, 3.8) is 0 Å². The fraction of sp³-hybridized carbons (Fsp3) is 0.182. The fourth-order valence-electron chi connectivity index (χ4n) is 2.54. The fourth-order valence-corrected chi connectivity index (χ4v) is 3.13. The van der Waals surface area contributed by atoms with Crippen LogP contribution in [0.15, 0.2) is 53.9 Å². The van der Waals surface area contributed by atoms with Crippen LogP contribution in [0.1, 0.15) is 33.5 Å². The Morgan fingerprint density at radius 3 is 2.77 bits per heavy atom. The average Bonchev–Trinajstić information content (AvgIpc) is 3.17. The first-order valence-corrected chi connectivity index (χ1v) is 9.98. The van der Waals surface area contributed by atoms with Crippen LogP contribution < -0.4 is 10.1 Å². The van der Waals surface area contributed by atoms with E-state index in [2.05, 4.69) is 10.3 Å². The van der Waals surface area contributed by atoms with Crippen molar-refractivity contribution in [1.29, 1.82) is 5.26 Å². The molecule has 0 bridgehead atoms. The average molecular weight is 421 g/mol. The Morgan fingerprint density at radius 1 is 1.23 bits per heavy atom. The number of aryl methyl sites for hydroxylation is 1. The first kappa shape index (κ1) is 21.0. The van der Waals surface area contributed by atoms with Crippen LogP contribution in [0.5, 0.6) is 5.75 Å². The van der Waals surface area contributed by atoms with E-state index in [4.69, 9.17) is 14.7 Å². The second-order valence-electron chi connectivity index (χ2n) is 6.40. The molecule has 3 aromatic rings. The molecule has 1 heterocycles. The summed E-state index contributed by atoms with van der Waals surface area (Å²) < 4.78 is 10.9. The lowest BCUT2D eigenvalue weighted by atomic mass is 10.2. The smallest absolute Gasteiger partial charge is 0.339 e. The largest absolute Gasteiger partial charge is 0.487 e. The van der Waals surface area contributed by atoms with Gasteiger partial charge in [0, 0.05) is 11.1 Å². The zero-order valence-corrected chi connectivity index (χ0v) is 17.2. The molecule has 30 heavy (non-hydrogen) atoms. The molecule has 1 N–H and O–H groups in total. The number of hydrogen-bond donors (Lipinski definition) is 1. The molecule has 8 heteroatoms. The minimum absolute atomic E-state index is 0.271.